The van der Waals surface area contributed by atoms with E-state index in [1.807, 2.05) is 0 Å². The summed E-state index contributed by atoms with van der Waals surface area (Å²) < 4.78 is 30.8. The summed E-state index contributed by atoms with van der Waals surface area (Å²) >= 11 is 0. The number of nitrogens with one attached hydrogen (secondary N) is 2. The van der Waals surface area contributed by atoms with Crippen molar-refractivity contribution < 1.29 is 23.4 Å². The van der Waals surface area contributed by atoms with Crippen molar-refractivity contribution in [2.24, 2.45) is 0 Å². The van der Waals surface area contributed by atoms with Crippen molar-refractivity contribution in [2.75, 3.05) is 26.8 Å². The normalized spacial score (nSPS) is 12.0. The molecule has 1 rings (SSSR count). The largest absolute Gasteiger partial charge is 0.391 e. The molecular formula is C14H20F2N2O3. The first-order valence-electron chi connectivity index (χ1n) is 6.65. The minimum Gasteiger partial charge on any atom is -0.391 e. The van der Waals surface area contributed by atoms with Gasteiger partial charge in [-0.25, -0.2) is 13.6 Å². The van der Waals surface area contributed by atoms with Crippen molar-refractivity contribution in [1.29, 1.82) is 0 Å². The number of urea groups is 1. The summed E-state index contributed by atoms with van der Waals surface area (Å²) in [5.41, 5.74) is 0.340. The van der Waals surface area contributed by atoms with Crippen LogP contribution in [0.5, 0.6) is 0 Å². The predicted molar refractivity (Wildman–Crippen MR) is 74.0 cm³/mol. The smallest absolute Gasteiger partial charge is 0.314 e. The molecule has 1 unspecified atom stereocenters. The van der Waals surface area contributed by atoms with Gasteiger partial charge in [0.15, 0.2) is 0 Å². The third-order valence-corrected chi connectivity index (χ3v) is 2.82. The lowest BCUT2D eigenvalue weighted by Crippen LogP contribution is -2.38. The minimum absolute atomic E-state index is 0.215. The zero-order valence-corrected chi connectivity index (χ0v) is 11.9. The van der Waals surface area contributed by atoms with E-state index in [-0.39, 0.29) is 19.6 Å². The van der Waals surface area contributed by atoms with Gasteiger partial charge in [0, 0.05) is 26.3 Å². The Balaban J connectivity index is 2.18. The highest BCUT2D eigenvalue weighted by atomic mass is 19.1. The molecule has 0 spiro atoms. The van der Waals surface area contributed by atoms with Crippen molar-refractivity contribution >= 4 is 6.03 Å². The van der Waals surface area contributed by atoms with Gasteiger partial charge in [-0.2, -0.15) is 0 Å². The van der Waals surface area contributed by atoms with Crippen LogP contribution >= 0.6 is 0 Å². The van der Waals surface area contributed by atoms with E-state index in [4.69, 9.17) is 4.74 Å². The molecule has 0 saturated carbocycles. The van der Waals surface area contributed by atoms with E-state index in [2.05, 4.69) is 10.6 Å². The summed E-state index contributed by atoms with van der Waals surface area (Å²) in [6.45, 7) is 0.753. The number of carbonyl (C=O) groups excluding carboxylic acids is 1. The van der Waals surface area contributed by atoms with E-state index in [0.29, 0.717) is 18.5 Å². The molecule has 118 valence electrons. The maximum absolute atomic E-state index is 13.3. The van der Waals surface area contributed by atoms with Gasteiger partial charge < -0.3 is 20.5 Å². The van der Waals surface area contributed by atoms with Crippen molar-refractivity contribution in [2.45, 2.75) is 18.9 Å². The van der Waals surface area contributed by atoms with Crippen LogP contribution in [0.3, 0.4) is 0 Å². The summed E-state index contributed by atoms with van der Waals surface area (Å²) in [4.78, 5) is 11.4. The molecule has 0 saturated heterocycles. The monoisotopic (exact) mass is 302 g/mol. The van der Waals surface area contributed by atoms with Crippen LogP contribution in [0.15, 0.2) is 18.2 Å². The summed E-state index contributed by atoms with van der Waals surface area (Å²) in [6, 6.07) is 2.94. The molecule has 0 aliphatic heterocycles. The Kier molecular flexibility index (Phi) is 7.63. The van der Waals surface area contributed by atoms with E-state index >= 15 is 0 Å². The molecule has 0 heterocycles. The Morgan fingerprint density at radius 3 is 2.71 bits per heavy atom. The number of ether oxygens (including phenoxy) is 1. The van der Waals surface area contributed by atoms with Crippen LogP contribution in [0.25, 0.3) is 0 Å². The summed E-state index contributed by atoms with van der Waals surface area (Å²) in [7, 11) is 1.48. The lowest BCUT2D eigenvalue weighted by Gasteiger charge is -2.11. The highest BCUT2D eigenvalue weighted by Crippen LogP contribution is 2.09. The quantitative estimate of drug-likeness (QED) is 0.676. The van der Waals surface area contributed by atoms with Crippen molar-refractivity contribution in [1.82, 2.24) is 10.6 Å². The first-order chi connectivity index (χ1) is 10.0. The van der Waals surface area contributed by atoms with Gasteiger partial charge in [0.2, 0.25) is 0 Å². The minimum atomic E-state index is -0.628. The predicted octanol–water partition coefficient (Wildman–Crippen LogP) is 1.20. The number of rotatable bonds is 8. The second-order valence-electron chi connectivity index (χ2n) is 4.57. The molecule has 0 aliphatic carbocycles. The highest BCUT2D eigenvalue weighted by Gasteiger charge is 2.06. The number of hydrogen-bond donors (Lipinski definition) is 3. The topological polar surface area (TPSA) is 70.6 Å². The fourth-order valence-electron chi connectivity index (χ4n) is 1.73. The lowest BCUT2D eigenvalue weighted by molar-refractivity contribution is 0.0599. The first kappa shape index (κ1) is 17.3. The van der Waals surface area contributed by atoms with E-state index in [9.17, 15) is 18.7 Å². The number of carbonyl (C=O) groups is 1. The Hall–Kier alpha value is -1.73. The van der Waals surface area contributed by atoms with Gasteiger partial charge >= 0.3 is 6.03 Å². The number of benzene rings is 1. The molecule has 7 heteroatoms. The third kappa shape index (κ3) is 7.01. The summed E-state index contributed by atoms with van der Waals surface area (Å²) in [6.07, 6.45) is 0.0308. The average Bonchev–Trinajstić information content (AvgIpc) is 2.41. The van der Waals surface area contributed by atoms with Crippen LogP contribution in [0.1, 0.15) is 12.0 Å². The van der Waals surface area contributed by atoms with Crippen LogP contribution < -0.4 is 10.6 Å². The number of hydrogen-bond acceptors (Lipinski definition) is 3. The molecule has 0 bridgehead atoms. The lowest BCUT2D eigenvalue weighted by atomic mass is 10.1. The number of halogens is 2. The zero-order valence-electron chi connectivity index (χ0n) is 11.9. The summed E-state index contributed by atoms with van der Waals surface area (Å²) in [5, 5.41) is 14.5. The Labute approximate surface area is 122 Å². The first-order valence-corrected chi connectivity index (χ1v) is 6.65. The fraction of sp³-hybridized carbons (Fsp3) is 0.500. The van der Waals surface area contributed by atoms with Gasteiger partial charge in [0.05, 0.1) is 12.7 Å². The molecule has 0 radical (unpaired) electrons. The van der Waals surface area contributed by atoms with Gasteiger partial charge in [-0.1, -0.05) is 6.07 Å². The Bertz CT molecular complexity index is 458. The molecule has 1 atom stereocenters. The number of methoxy groups -OCH3 is 1. The van der Waals surface area contributed by atoms with Gasteiger partial charge in [0.25, 0.3) is 0 Å². The maximum Gasteiger partial charge on any atom is 0.314 e. The van der Waals surface area contributed by atoms with Crippen LogP contribution in [0, 0.1) is 11.6 Å². The van der Waals surface area contributed by atoms with Crippen LogP contribution in [0.2, 0.25) is 0 Å². The van der Waals surface area contributed by atoms with Crippen LogP contribution in [-0.2, 0) is 11.2 Å². The van der Waals surface area contributed by atoms with Gasteiger partial charge in [-0.15, -0.1) is 0 Å². The van der Waals surface area contributed by atoms with E-state index in [1.54, 1.807) is 0 Å². The summed E-state index contributed by atoms with van der Waals surface area (Å²) in [5.74, 6) is -1.25. The molecule has 1 aromatic rings. The van der Waals surface area contributed by atoms with Crippen LogP contribution in [-0.4, -0.2) is 44.0 Å². The second-order valence-corrected chi connectivity index (χ2v) is 4.57. The highest BCUT2D eigenvalue weighted by molar-refractivity contribution is 5.73. The van der Waals surface area contributed by atoms with Crippen LogP contribution in [0.4, 0.5) is 13.6 Å². The fourth-order valence-corrected chi connectivity index (χ4v) is 1.73. The molecule has 5 nitrogen and oxygen atoms in total. The van der Waals surface area contributed by atoms with Gasteiger partial charge in [-0.3, -0.25) is 0 Å². The zero-order chi connectivity index (χ0) is 15.7. The number of aliphatic hydroxyl groups is 1. The molecular weight excluding hydrogens is 282 g/mol. The van der Waals surface area contributed by atoms with E-state index in [1.165, 1.54) is 19.2 Å². The van der Waals surface area contributed by atoms with Crippen molar-refractivity contribution in [3.63, 3.8) is 0 Å². The third-order valence-electron chi connectivity index (χ3n) is 2.82. The molecule has 1 aromatic carbocycles. The van der Waals surface area contributed by atoms with Gasteiger partial charge in [0.1, 0.15) is 11.6 Å². The Morgan fingerprint density at radius 2 is 2.05 bits per heavy atom. The molecule has 0 aromatic heterocycles. The average molecular weight is 302 g/mol. The molecule has 0 aliphatic rings. The number of aliphatic hydroxyl groups excluding tert-OH is 1. The van der Waals surface area contributed by atoms with Crippen molar-refractivity contribution in [3.8, 4) is 0 Å². The molecule has 21 heavy (non-hydrogen) atoms. The molecule has 0 fully saturated rings. The van der Waals surface area contributed by atoms with E-state index in [0.717, 1.165) is 6.07 Å². The number of amides is 2. The maximum atomic E-state index is 13.3. The molecule has 3 N–H and O–H groups in total. The Morgan fingerprint density at radius 1 is 1.33 bits per heavy atom. The van der Waals surface area contributed by atoms with E-state index < -0.39 is 23.8 Å². The van der Waals surface area contributed by atoms with Crippen molar-refractivity contribution in [3.05, 3.63) is 35.4 Å². The second kappa shape index (κ2) is 9.25. The SMILES string of the molecule is COCC(O)CCNC(=O)NCCc1ccc(F)cc1F. The molecule has 2 amide bonds. The standard InChI is InChI=1S/C14H20F2N2O3/c1-21-9-12(19)5-7-18-14(20)17-6-4-10-2-3-11(15)8-13(10)16/h2-3,8,12,19H,4-7,9H2,1H3,(H2,17,18,20). The van der Waals surface area contributed by atoms with Gasteiger partial charge in [-0.05, 0) is 24.5 Å².